The third-order valence-electron chi connectivity index (χ3n) is 5.97. The van der Waals surface area contributed by atoms with Crippen LogP contribution in [0.3, 0.4) is 0 Å². The van der Waals surface area contributed by atoms with E-state index >= 15 is 0 Å². The van der Waals surface area contributed by atoms with Crippen molar-refractivity contribution in [1.82, 2.24) is 10.2 Å². The Labute approximate surface area is 219 Å². The molecule has 3 rings (SSSR count). The van der Waals surface area contributed by atoms with Gasteiger partial charge in [0.05, 0.1) is 20.8 Å². The minimum absolute atomic E-state index is 0.103. The molecule has 7 nitrogen and oxygen atoms in total. The zero-order valence-corrected chi connectivity index (χ0v) is 21.8. The Kier molecular flexibility index (Phi) is 10.8. The fraction of sp³-hybridized carbons (Fsp3) is 0.333. The Morgan fingerprint density at radius 2 is 1.51 bits per heavy atom. The molecule has 7 heteroatoms. The van der Waals surface area contributed by atoms with Crippen molar-refractivity contribution in [3.8, 4) is 17.2 Å². The molecule has 2 amide bonds. The van der Waals surface area contributed by atoms with Gasteiger partial charge in [0.2, 0.25) is 11.8 Å². The lowest BCUT2D eigenvalue weighted by Crippen LogP contribution is -2.50. The van der Waals surface area contributed by atoms with Gasteiger partial charge in [0, 0.05) is 25.9 Å². The van der Waals surface area contributed by atoms with Gasteiger partial charge in [0.15, 0.2) is 0 Å². The van der Waals surface area contributed by atoms with E-state index in [1.165, 1.54) is 0 Å². The van der Waals surface area contributed by atoms with E-state index in [0.717, 1.165) is 16.9 Å². The number of carbonyl (C=O) groups excluding carboxylic acids is 2. The van der Waals surface area contributed by atoms with E-state index in [0.29, 0.717) is 44.0 Å². The van der Waals surface area contributed by atoms with Gasteiger partial charge in [-0.1, -0.05) is 42.5 Å². The summed E-state index contributed by atoms with van der Waals surface area (Å²) in [6.07, 6.45) is 1.20. The number of carbonyl (C=O) groups is 2. The SMILES string of the molecule is CCNC(=O)C(Cc1ccccc1)N(Cc1cccc(OC)c1)C(=O)CCCOc1ccc(OC)cc1. The largest absolute Gasteiger partial charge is 0.497 e. The number of benzene rings is 3. The number of hydrogen-bond acceptors (Lipinski definition) is 5. The van der Waals surface area contributed by atoms with Crippen LogP contribution in [-0.4, -0.2) is 50.1 Å². The first kappa shape index (κ1) is 27.6. The molecular formula is C30H36N2O5. The van der Waals surface area contributed by atoms with Crippen molar-refractivity contribution >= 4 is 11.8 Å². The monoisotopic (exact) mass is 504 g/mol. The number of amides is 2. The fourth-order valence-corrected chi connectivity index (χ4v) is 4.04. The molecule has 0 aliphatic carbocycles. The van der Waals surface area contributed by atoms with Gasteiger partial charge in [-0.3, -0.25) is 9.59 Å². The highest BCUT2D eigenvalue weighted by Crippen LogP contribution is 2.20. The van der Waals surface area contributed by atoms with Gasteiger partial charge in [-0.05, 0) is 60.9 Å². The highest BCUT2D eigenvalue weighted by atomic mass is 16.5. The Balaban J connectivity index is 1.76. The topological polar surface area (TPSA) is 77.1 Å². The van der Waals surface area contributed by atoms with Gasteiger partial charge in [0.25, 0.3) is 0 Å². The molecule has 3 aromatic carbocycles. The van der Waals surface area contributed by atoms with Gasteiger partial charge in [-0.2, -0.15) is 0 Å². The van der Waals surface area contributed by atoms with E-state index in [2.05, 4.69) is 5.32 Å². The smallest absolute Gasteiger partial charge is 0.243 e. The Morgan fingerprint density at radius 1 is 0.838 bits per heavy atom. The van der Waals surface area contributed by atoms with Gasteiger partial charge in [-0.25, -0.2) is 0 Å². The quantitative estimate of drug-likeness (QED) is 0.324. The predicted octanol–water partition coefficient (Wildman–Crippen LogP) is 4.64. The minimum atomic E-state index is -0.649. The van der Waals surface area contributed by atoms with Crippen molar-refractivity contribution in [3.63, 3.8) is 0 Å². The van der Waals surface area contributed by atoms with Crippen molar-refractivity contribution in [2.45, 2.75) is 38.8 Å². The maximum atomic E-state index is 13.6. The normalized spacial score (nSPS) is 11.3. The zero-order chi connectivity index (χ0) is 26.5. The molecule has 0 saturated carbocycles. The lowest BCUT2D eigenvalue weighted by molar-refractivity contribution is -0.141. The molecule has 0 bridgehead atoms. The number of methoxy groups -OCH3 is 2. The van der Waals surface area contributed by atoms with Gasteiger partial charge >= 0.3 is 0 Å². The van der Waals surface area contributed by atoms with Crippen LogP contribution in [0.2, 0.25) is 0 Å². The Bertz CT molecular complexity index is 1120. The lowest BCUT2D eigenvalue weighted by Gasteiger charge is -2.31. The van der Waals surface area contributed by atoms with Gasteiger partial charge < -0.3 is 24.4 Å². The van der Waals surface area contributed by atoms with Crippen LogP contribution in [0, 0.1) is 0 Å². The van der Waals surface area contributed by atoms with Crippen molar-refractivity contribution in [2.75, 3.05) is 27.4 Å². The van der Waals surface area contributed by atoms with Gasteiger partial charge in [0.1, 0.15) is 23.3 Å². The molecule has 37 heavy (non-hydrogen) atoms. The van der Waals surface area contributed by atoms with E-state index in [1.54, 1.807) is 19.1 Å². The van der Waals surface area contributed by atoms with Crippen molar-refractivity contribution in [2.24, 2.45) is 0 Å². The van der Waals surface area contributed by atoms with Crippen molar-refractivity contribution in [1.29, 1.82) is 0 Å². The van der Waals surface area contributed by atoms with Crippen LogP contribution >= 0.6 is 0 Å². The molecule has 0 radical (unpaired) electrons. The second-order valence-electron chi connectivity index (χ2n) is 8.60. The summed E-state index contributed by atoms with van der Waals surface area (Å²) in [5.41, 5.74) is 1.88. The van der Waals surface area contributed by atoms with Gasteiger partial charge in [-0.15, -0.1) is 0 Å². The van der Waals surface area contributed by atoms with Crippen LogP contribution in [0.5, 0.6) is 17.2 Å². The molecule has 1 atom stereocenters. The first-order chi connectivity index (χ1) is 18.0. The number of nitrogens with one attached hydrogen (secondary N) is 1. The van der Waals surface area contributed by atoms with Crippen LogP contribution in [0.4, 0.5) is 0 Å². The first-order valence-electron chi connectivity index (χ1n) is 12.5. The lowest BCUT2D eigenvalue weighted by atomic mass is 10.0. The summed E-state index contributed by atoms with van der Waals surface area (Å²) in [6, 6.07) is 24.0. The molecule has 0 spiro atoms. The summed E-state index contributed by atoms with van der Waals surface area (Å²) in [4.78, 5) is 28.5. The highest BCUT2D eigenvalue weighted by Gasteiger charge is 2.30. The van der Waals surface area contributed by atoms with Crippen LogP contribution < -0.4 is 19.5 Å². The molecule has 196 valence electrons. The molecule has 1 N–H and O–H groups in total. The summed E-state index contributed by atoms with van der Waals surface area (Å²) in [5.74, 6) is 1.90. The third-order valence-corrected chi connectivity index (χ3v) is 5.97. The number of nitrogens with zero attached hydrogens (tertiary/aromatic N) is 1. The predicted molar refractivity (Wildman–Crippen MR) is 144 cm³/mol. The second-order valence-corrected chi connectivity index (χ2v) is 8.60. The van der Waals surface area contributed by atoms with Crippen LogP contribution in [-0.2, 0) is 22.6 Å². The molecule has 0 saturated heterocycles. The van der Waals surface area contributed by atoms with Crippen LogP contribution in [0.15, 0.2) is 78.9 Å². The summed E-state index contributed by atoms with van der Waals surface area (Å²) in [5, 5.41) is 2.92. The number of ether oxygens (including phenoxy) is 3. The van der Waals surface area contributed by atoms with E-state index in [1.807, 2.05) is 85.8 Å². The fourth-order valence-electron chi connectivity index (χ4n) is 4.04. The molecule has 0 aromatic heterocycles. The summed E-state index contributed by atoms with van der Waals surface area (Å²) in [7, 11) is 3.22. The number of likely N-dealkylation sites (N-methyl/N-ethyl adjacent to an activating group) is 1. The van der Waals surface area contributed by atoms with Crippen LogP contribution in [0.25, 0.3) is 0 Å². The summed E-state index contributed by atoms with van der Waals surface area (Å²) >= 11 is 0. The molecule has 3 aromatic rings. The number of hydrogen-bond donors (Lipinski definition) is 1. The van der Waals surface area contributed by atoms with Crippen LogP contribution in [0.1, 0.15) is 30.9 Å². The van der Waals surface area contributed by atoms with E-state index < -0.39 is 6.04 Å². The summed E-state index contributed by atoms with van der Waals surface area (Å²) in [6.45, 7) is 3.04. The molecule has 0 heterocycles. The molecule has 0 fully saturated rings. The average Bonchev–Trinajstić information content (AvgIpc) is 2.94. The zero-order valence-electron chi connectivity index (χ0n) is 21.8. The van der Waals surface area contributed by atoms with E-state index in [4.69, 9.17) is 14.2 Å². The van der Waals surface area contributed by atoms with Crippen molar-refractivity contribution < 1.29 is 23.8 Å². The molecule has 0 aliphatic rings. The third kappa shape index (κ3) is 8.56. The van der Waals surface area contributed by atoms with E-state index in [9.17, 15) is 9.59 Å². The highest BCUT2D eigenvalue weighted by molar-refractivity contribution is 5.88. The molecular weight excluding hydrogens is 468 g/mol. The van der Waals surface area contributed by atoms with Crippen molar-refractivity contribution in [3.05, 3.63) is 90.0 Å². The molecule has 1 unspecified atom stereocenters. The number of rotatable bonds is 14. The second kappa shape index (κ2) is 14.5. The standard InChI is InChI=1S/C30H36N2O5/c1-4-31-30(34)28(21-23-10-6-5-7-11-23)32(22-24-12-8-13-27(20-24)36-3)29(33)14-9-19-37-26-17-15-25(35-2)16-18-26/h5-8,10-13,15-18,20,28H,4,9,14,19,21-22H2,1-3H3,(H,31,34). The summed E-state index contributed by atoms with van der Waals surface area (Å²) < 4.78 is 16.3. The van der Waals surface area contributed by atoms with E-state index in [-0.39, 0.29) is 18.2 Å². The maximum Gasteiger partial charge on any atom is 0.243 e. The maximum absolute atomic E-state index is 13.6. The Hall–Kier alpha value is -4.00. The average molecular weight is 505 g/mol. The molecule has 0 aliphatic heterocycles. The minimum Gasteiger partial charge on any atom is -0.497 e. The Morgan fingerprint density at radius 3 is 2.19 bits per heavy atom. The first-order valence-corrected chi connectivity index (χ1v) is 12.5.